The van der Waals surface area contributed by atoms with E-state index in [1.165, 1.54) is 5.56 Å². The van der Waals surface area contributed by atoms with Crippen LogP contribution in [0.2, 0.25) is 0 Å². The SMILES string of the molecule is O=C(O)c1ccc2c(c1)c1c(n2CCc2ccccc2)C(=O)N(c2ccccc2)CC1. The molecule has 1 amide bonds. The summed E-state index contributed by atoms with van der Waals surface area (Å²) in [5.74, 6) is -0.991. The van der Waals surface area contributed by atoms with E-state index in [-0.39, 0.29) is 11.5 Å². The van der Waals surface area contributed by atoms with Gasteiger partial charge >= 0.3 is 5.97 Å². The Hall–Kier alpha value is -3.86. The first-order valence-corrected chi connectivity index (χ1v) is 10.4. The summed E-state index contributed by atoms with van der Waals surface area (Å²) in [4.78, 5) is 27.0. The zero-order valence-electron chi connectivity index (χ0n) is 17.0. The number of aromatic nitrogens is 1. The number of rotatable bonds is 5. The van der Waals surface area contributed by atoms with E-state index in [2.05, 4.69) is 16.7 Å². The molecule has 4 aromatic rings. The maximum atomic E-state index is 13.6. The van der Waals surface area contributed by atoms with Gasteiger partial charge in [-0.3, -0.25) is 4.79 Å². The zero-order valence-corrected chi connectivity index (χ0v) is 17.0. The Morgan fingerprint density at radius 2 is 1.65 bits per heavy atom. The molecule has 0 fully saturated rings. The molecule has 0 aliphatic carbocycles. The number of nitrogens with zero attached hydrogens (tertiary/aromatic N) is 2. The molecule has 5 rings (SSSR count). The predicted octanol–water partition coefficient (Wildman–Crippen LogP) is 4.79. The van der Waals surface area contributed by atoms with E-state index >= 15 is 0 Å². The minimum Gasteiger partial charge on any atom is -0.478 e. The summed E-state index contributed by atoms with van der Waals surface area (Å²) < 4.78 is 2.07. The average molecular weight is 410 g/mol. The Balaban J connectivity index is 1.63. The first-order chi connectivity index (χ1) is 15.1. The minimum absolute atomic E-state index is 0.0337. The highest BCUT2D eigenvalue weighted by atomic mass is 16.4. The van der Waals surface area contributed by atoms with Crippen LogP contribution >= 0.6 is 0 Å². The number of carbonyl (C=O) groups excluding carboxylic acids is 1. The Morgan fingerprint density at radius 3 is 2.35 bits per heavy atom. The van der Waals surface area contributed by atoms with Crippen molar-refractivity contribution in [2.45, 2.75) is 19.4 Å². The van der Waals surface area contributed by atoms with Gasteiger partial charge in [0, 0.05) is 29.7 Å². The second kappa shape index (κ2) is 7.76. The highest BCUT2D eigenvalue weighted by Gasteiger charge is 2.32. The zero-order chi connectivity index (χ0) is 21.4. The van der Waals surface area contributed by atoms with Crippen LogP contribution in [0.5, 0.6) is 0 Å². The van der Waals surface area contributed by atoms with Crippen molar-refractivity contribution in [3.05, 3.63) is 101 Å². The molecule has 0 radical (unpaired) electrons. The molecule has 0 atom stereocenters. The van der Waals surface area contributed by atoms with Crippen molar-refractivity contribution in [2.24, 2.45) is 0 Å². The van der Waals surface area contributed by atoms with Crippen molar-refractivity contribution in [1.82, 2.24) is 4.57 Å². The number of carbonyl (C=O) groups is 2. The van der Waals surface area contributed by atoms with Gasteiger partial charge in [-0.25, -0.2) is 4.79 Å². The number of aryl methyl sites for hydroxylation is 2. The topological polar surface area (TPSA) is 62.5 Å². The first-order valence-electron chi connectivity index (χ1n) is 10.4. The van der Waals surface area contributed by atoms with E-state index in [9.17, 15) is 14.7 Å². The number of hydrogen-bond acceptors (Lipinski definition) is 2. The van der Waals surface area contributed by atoms with Crippen molar-refractivity contribution in [3.63, 3.8) is 0 Å². The lowest BCUT2D eigenvalue weighted by molar-refractivity contribution is 0.0697. The monoisotopic (exact) mass is 410 g/mol. The molecule has 0 saturated heterocycles. The third-order valence-corrected chi connectivity index (χ3v) is 5.98. The highest BCUT2D eigenvalue weighted by Crippen LogP contribution is 2.33. The van der Waals surface area contributed by atoms with E-state index in [4.69, 9.17) is 0 Å². The Morgan fingerprint density at radius 1 is 0.935 bits per heavy atom. The van der Waals surface area contributed by atoms with Crippen molar-refractivity contribution in [2.75, 3.05) is 11.4 Å². The van der Waals surface area contributed by atoms with Gasteiger partial charge in [0.05, 0.1) is 5.56 Å². The predicted molar refractivity (Wildman–Crippen MR) is 121 cm³/mol. The number of hydrogen-bond donors (Lipinski definition) is 1. The van der Waals surface area contributed by atoms with Crippen LogP contribution in [0.25, 0.3) is 10.9 Å². The summed E-state index contributed by atoms with van der Waals surface area (Å²) >= 11 is 0. The number of fused-ring (bicyclic) bond motifs is 3. The average Bonchev–Trinajstić information content (AvgIpc) is 3.13. The smallest absolute Gasteiger partial charge is 0.335 e. The number of carboxylic acids is 1. The van der Waals surface area contributed by atoms with Crippen molar-refractivity contribution >= 4 is 28.5 Å². The summed E-state index contributed by atoms with van der Waals surface area (Å²) in [5, 5.41) is 10.3. The molecule has 2 heterocycles. The fraction of sp³-hybridized carbons (Fsp3) is 0.154. The molecule has 5 heteroatoms. The van der Waals surface area contributed by atoms with Gasteiger partial charge in [0.2, 0.25) is 0 Å². The molecule has 0 unspecified atom stereocenters. The number of amides is 1. The van der Waals surface area contributed by atoms with Crippen LogP contribution in [0.3, 0.4) is 0 Å². The molecule has 154 valence electrons. The van der Waals surface area contributed by atoms with Crippen LogP contribution in [0.1, 0.15) is 32.0 Å². The lowest BCUT2D eigenvalue weighted by Crippen LogP contribution is -2.38. The van der Waals surface area contributed by atoms with Crippen LogP contribution in [-0.2, 0) is 19.4 Å². The number of aromatic carboxylic acids is 1. The molecule has 1 aromatic heterocycles. The summed E-state index contributed by atoms with van der Waals surface area (Å²) in [6.07, 6.45) is 1.48. The number of carboxylic acid groups (broad SMARTS) is 1. The van der Waals surface area contributed by atoms with E-state index < -0.39 is 5.97 Å². The summed E-state index contributed by atoms with van der Waals surface area (Å²) in [5.41, 5.74) is 4.85. The lowest BCUT2D eigenvalue weighted by Gasteiger charge is -2.28. The van der Waals surface area contributed by atoms with Gasteiger partial charge in [-0.1, -0.05) is 48.5 Å². The van der Waals surface area contributed by atoms with E-state index in [0.717, 1.165) is 28.6 Å². The number of anilines is 1. The lowest BCUT2D eigenvalue weighted by atomic mass is 10.0. The van der Waals surface area contributed by atoms with Gasteiger partial charge in [-0.05, 0) is 54.3 Å². The fourth-order valence-electron chi connectivity index (χ4n) is 4.48. The van der Waals surface area contributed by atoms with Gasteiger partial charge in [0.25, 0.3) is 5.91 Å². The van der Waals surface area contributed by atoms with Crippen LogP contribution in [0.15, 0.2) is 78.9 Å². The molecule has 31 heavy (non-hydrogen) atoms. The summed E-state index contributed by atoms with van der Waals surface area (Å²) in [6, 6.07) is 25.0. The molecule has 0 bridgehead atoms. The van der Waals surface area contributed by atoms with Crippen molar-refractivity contribution in [3.8, 4) is 0 Å². The molecule has 1 N–H and O–H groups in total. The molecule has 0 spiro atoms. The highest BCUT2D eigenvalue weighted by molar-refractivity contribution is 6.11. The van der Waals surface area contributed by atoms with Gasteiger partial charge in [0.1, 0.15) is 5.69 Å². The Kier molecular flexibility index (Phi) is 4.79. The van der Waals surface area contributed by atoms with Gasteiger partial charge < -0.3 is 14.6 Å². The largest absolute Gasteiger partial charge is 0.478 e. The first kappa shape index (κ1) is 19.1. The summed E-state index contributed by atoms with van der Waals surface area (Å²) in [7, 11) is 0. The van der Waals surface area contributed by atoms with E-state index in [1.54, 1.807) is 12.1 Å². The maximum absolute atomic E-state index is 13.6. The molecule has 1 aliphatic rings. The molecule has 3 aromatic carbocycles. The number of benzene rings is 3. The number of para-hydroxylation sites is 1. The third kappa shape index (κ3) is 3.38. The van der Waals surface area contributed by atoms with Crippen LogP contribution in [0, 0.1) is 0 Å². The summed E-state index contributed by atoms with van der Waals surface area (Å²) in [6.45, 7) is 1.22. The van der Waals surface area contributed by atoms with Crippen LogP contribution < -0.4 is 4.90 Å². The van der Waals surface area contributed by atoms with Crippen molar-refractivity contribution < 1.29 is 14.7 Å². The molecular weight excluding hydrogens is 388 g/mol. The van der Waals surface area contributed by atoms with Crippen molar-refractivity contribution in [1.29, 1.82) is 0 Å². The van der Waals surface area contributed by atoms with Gasteiger partial charge in [0.15, 0.2) is 0 Å². The minimum atomic E-state index is -0.958. The molecular formula is C26H22N2O3. The quantitative estimate of drug-likeness (QED) is 0.515. The molecule has 0 saturated carbocycles. The third-order valence-electron chi connectivity index (χ3n) is 5.98. The molecule has 5 nitrogen and oxygen atoms in total. The van der Waals surface area contributed by atoms with E-state index in [0.29, 0.717) is 25.2 Å². The Labute approximate surface area is 180 Å². The second-order valence-electron chi connectivity index (χ2n) is 7.79. The molecule has 1 aliphatic heterocycles. The standard InChI is InChI=1S/C26H22N2O3/c29-25-24-21(14-16-27(25)20-9-5-2-6-10-20)22-17-19(26(30)31)11-12-23(22)28(24)15-13-18-7-3-1-4-8-18/h1-12,17H,13-16H2,(H,30,31). The van der Waals surface area contributed by atoms with Crippen LogP contribution in [0.4, 0.5) is 5.69 Å². The van der Waals surface area contributed by atoms with Gasteiger partial charge in [-0.2, -0.15) is 0 Å². The second-order valence-corrected chi connectivity index (χ2v) is 7.79. The van der Waals surface area contributed by atoms with E-state index in [1.807, 2.05) is 59.5 Å². The Bertz CT molecular complexity index is 1280. The van der Waals surface area contributed by atoms with Gasteiger partial charge in [-0.15, -0.1) is 0 Å². The maximum Gasteiger partial charge on any atom is 0.335 e. The normalized spacial score (nSPS) is 13.4. The van der Waals surface area contributed by atoms with Crippen LogP contribution in [-0.4, -0.2) is 28.1 Å². The fourth-order valence-corrected chi connectivity index (χ4v) is 4.48.